The van der Waals surface area contributed by atoms with Crippen molar-refractivity contribution in [3.8, 4) is 84.4 Å². The minimum Gasteiger partial charge on any atom is -0.872 e. The molecule has 0 unspecified atom stereocenters. The fourth-order valence-corrected chi connectivity index (χ4v) is 13.4. The van der Waals surface area contributed by atoms with E-state index in [0.717, 1.165) is 60.7 Å². The van der Waals surface area contributed by atoms with E-state index in [1.54, 1.807) is 0 Å². The third-order valence-corrected chi connectivity index (χ3v) is 19.9. The van der Waals surface area contributed by atoms with E-state index >= 15 is 25.5 Å². The van der Waals surface area contributed by atoms with Crippen LogP contribution < -0.4 is 173 Å². The summed E-state index contributed by atoms with van der Waals surface area (Å²) in [5, 5.41) is 76.3. The quantitative estimate of drug-likeness (QED) is 0.0627. The summed E-state index contributed by atoms with van der Waals surface area (Å²) >= 11 is 0. The SMILES string of the molecule is O=S(=O)(O)c1ccc(-c2cc3c([O-])c(c2)Cc2cc(-c4ccc(S(=O)(=O)O)cc4)cc(c2[O-])Cc2cc(-c4ccc(S(=O)(=O)O)cc4)cc(c2[O-])Cc2cc(-c4ccc(S(=O)(=O)O)cc4)cc(c2[O-])Cc2cc(-c4ccc(S(=O)(=O)O)cc4)cc(c2[O-])C3)cc1.[Na+].[Na+].[Na+].[Na+].[Na+]. The van der Waals surface area contributed by atoms with Gasteiger partial charge in [0.15, 0.2) is 0 Å². The first-order valence-electron chi connectivity index (χ1n) is 26.8. The van der Waals surface area contributed by atoms with E-state index in [2.05, 4.69) is 0 Å². The molecule has 1 aliphatic carbocycles. The van der Waals surface area contributed by atoms with Crippen molar-refractivity contribution in [2.75, 3.05) is 0 Å². The minimum atomic E-state index is -4.69. The molecule has 0 fully saturated rings. The Bertz CT molecular complexity index is 4320. The molecule has 5 N–H and O–H groups in total. The summed E-state index contributed by atoms with van der Waals surface area (Å²) in [6.45, 7) is 0. The summed E-state index contributed by atoms with van der Waals surface area (Å²) < 4.78 is 171. The molecule has 0 spiro atoms. The van der Waals surface area contributed by atoms with Gasteiger partial charge in [0.25, 0.3) is 50.6 Å². The predicted molar refractivity (Wildman–Crippen MR) is 320 cm³/mol. The topological polar surface area (TPSA) is 387 Å². The van der Waals surface area contributed by atoms with Crippen LogP contribution in [0.2, 0.25) is 0 Å². The van der Waals surface area contributed by atoms with E-state index in [4.69, 9.17) is 0 Å². The second kappa shape index (κ2) is 31.1. The van der Waals surface area contributed by atoms with Crippen LogP contribution in [0.3, 0.4) is 0 Å². The third-order valence-electron chi connectivity index (χ3n) is 15.5. The molecule has 0 saturated heterocycles. The standard InChI is InChI=1S/C65H50O20S5.5Na/c66-61-46-21-41(36-1-11-56(12-2-36)86(71,72)73)22-47(61)32-49-24-43(38-5-15-58(16-6-38)88(77,78)79)26-51(63(49)68)34-53-28-45(40-9-19-60(20-10-40)90(83,84)85)30-55(65(53)70)35-54-29-44(39-7-17-59(18-8-39)89(80,81)82)27-52(64(54)69)33-50-25-42(23-48(31-46)62(50)67)37-3-13-57(14-4-37)87(74,75)76;;;;;/h1-30,66-70H,31-35H2,(H,71,72,73)(H,74,75,76)(H,77,78,79)(H,80,81,82)(H,83,84,85);;;;;/q;5*+1/p-5. The van der Waals surface area contributed by atoms with Crippen LogP contribution in [-0.4, -0.2) is 64.9 Å². The van der Waals surface area contributed by atoms with Gasteiger partial charge >= 0.3 is 148 Å². The Morgan fingerprint density at radius 3 is 0.400 bits per heavy atom. The minimum absolute atomic E-state index is 0. The van der Waals surface area contributed by atoms with Gasteiger partial charge in [0.05, 0.1) is 24.5 Å². The number of hydrogen-bond donors (Lipinski definition) is 5. The Balaban J connectivity index is 0.00000286. The summed E-state index contributed by atoms with van der Waals surface area (Å²) in [7, 11) is -23.5. The van der Waals surface area contributed by atoms with Crippen LogP contribution in [0, 0.1) is 0 Å². The molecule has 460 valence electrons. The van der Waals surface area contributed by atoms with Crippen molar-refractivity contribution in [3.63, 3.8) is 0 Å². The van der Waals surface area contributed by atoms with Crippen molar-refractivity contribution in [1.82, 2.24) is 0 Å². The number of fused-ring (bicyclic) bond motifs is 10. The van der Waals surface area contributed by atoms with Crippen molar-refractivity contribution in [2.45, 2.75) is 56.6 Å². The van der Waals surface area contributed by atoms with E-state index in [9.17, 15) is 64.9 Å². The smallest absolute Gasteiger partial charge is 0.872 e. The fraction of sp³-hybridized carbons (Fsp3) is 0.0769. The maximum absolute atomic E-state index is 15.3. The van der Waals surface area contributed by atoms with Gasteiger partial charge in [-0.25, -0.2) is 0 Å². The van der Waals surface area contributed by atoms with Crippen molar-refractivity contribution in [1.29, 1.82) is 0 Å². The van der Waals surface area contributed by atoms with Crippen LogP contribution in [0.15, 0.2) is 206 Å². The summed E-state index contributed by atoms with van der Waals surface area (Å²) in [5.74, 6) is -3.43. The monoisotopic (exact) mass is 1420 g/mol. The van der Waals surface area contributed by atoms with Gasteiger partial charge < -0.3 is 25.5 Å². The summed E-state index contributed by atoms with van der Waals surface area (Å²) in [6.07, 6.45) is -2.23. The van der Waals surface area contributed by atoms with Gasteiger partial charge in [-0.3, -0.25) is 22.8 Å². The van der Waals surface area contributed by atoms with Gasteiger partial charge in [-0.15, -0.1) is 28.7 Å². The molecule has 0 amide bonds. The average Bonchev–Trinajstić information content (AvgIpc) is 0.791. The first-order chi connectivity index (χ1) is 42.2. The molecule has 20 nitrogen and oxygen atoms in total. The molecule has 95 heavy (non-hydrogen) atoms. The molecule has 1 aliphatic rings. The molecule has 10 bridgehead atoms. The fourth-order valence-electron chi connectivity index (χ4n) is 11.0. The molecule has 0 heterocycles. The van der Waals surface area contributed by atoms with Crippen LogP contribution in [0.4, 0.5) is 0 Å². The Hall–Kier alpha value is -4.25. The molecule has 0 saturated carbocycles. The predicted octanol–water partition coefficient (Wildman–Crippen LogP) is -7.09. The molecule has 11 rings (SSSR count). The van der Waals surface area contributed by atoms with Gasteiger partial charge in [-0.05, 0) is 148 Å². The molecular formula is C65H45Na5O20S5. The molecule has 0 atom stereocenters. The normalized spacial score (nSPS) is 12.5. The number of rotatable bonds is 10. The third kappa shape index (κ3) is 18.0. The van der Waals surface area contributed by atoms with Crippen molar-refractivity contribution < 1.29 is 238 Å². The van der Waals surface area contributed by atoms with Gasteiger partial charge in [-0.1, -0.05) is 177 Å². The molecule has 0 aromatic heterocycles. The van der Waals surface area contributed by atoms with Crippen molar-refractivity contribution in [3.05, 3.63) is 238 Å². The summed E-state index contributed by atoms with van der Waals surface area (Å²) in [6, 6.07) is 39.0. The van der Waals surface area contributed by atoms with Crippen LogP contribution in [0.5, 0.6) is 28.7 Å². The first-order valence-corrected chi connectivity index (χ1v) is 34.0. The largest absolute Gasteiger partial charge is 1.00 e. The zero-order valence-corrected chi connectivity index (χ0v) is 65.3. The zero-order chi connectivity index (χ0) is 64.6. The van der Waals surface area contributed by atoms with Crippen LogP contribution in [0.25, 0.3) is 55.6 Å². The van der Waals surface area contributed by atoms with Crippen LogP contribution in [-0.2, 0) is 82.7 Å². The number of benzene rings is 10. The molecule has 10 aromatic rings. The van der Waals surface area contributed by atoms with Gasteiger partial charge in [0, 0.05) is 0 Å². The molecule has 30 heteroatoms. The van der Waals surface area contributed by atoms with Gasteiger partial charge in [-0.2, -0.15) is 42.1 Å². The molecule has 10 aromatic carbocycles. The Morgan fingerprint density at radius 1 is 0.200 bits per heavy atom. The first kappa shape index (κ1) is 79.7. The van der Waals surface area contributed by atoms with E-state index < -0.39 is 136 Å². The summed E-state index contributed by atoms with van der Waals surface area (Å²) in [4.78, 5) is -2.34. The van der Waals surface area contributed by atoms with Crippen molar-refractivity contribution in [2.24, 2.45) is 0 Å². The number of hydrogen-bond acceptors (Lipinski definition) is 15. The van der Waals surface area contributed by atoms with E-state index in [1.807, 2.05) is 0 Å². The van der Waals surface area contributed by atoms with Gasteiger partial charge in [0.2, 0.25) is 0 Å². The average molecular weight is 1420 g/mol. The van der Waals surface area contributed by atoms with Crippen LogP contribution in [0.1, 0.15) is 55.6 Å². The zero-order valence-electron chi connectivity index (χ0n) is 51.3. The Kier molecular flexibility index (Phi) is 26.1. The molecular weight excluding hydrogens is 1380 g/mol. The Morgan fingerprint density at radius 2 is 0.305 bits per heavy atom. The van der Waals surface area contributed by atoms with Crippen molar-refractivity contribution >= 4 is 50.6 Å². The second-order valence-electron chi connectivity index (χ2n) is 21.5. The van der Waals surface area contributed by atoms with E-state index in [0.29, 0.717) is 27.8 Å². The van der Waals surface area contributed by atoms with E-state index in [1.165, 1.54) is 121 Å². The second-order valence-corrected chi connectivity index (χ2v) is 28.6. The van der Waals surface area contributed by atoms with Gasteiger partial charge in [0.1, 0.15) is 0 Å². The summed E-state index contributed by atoms with van der Waals surface area (Å²) in [5.41, 5.74) is 2.29. The molecule has 0 aliphatic heterocycles. The maximum Gasteiger partial charge on any atom is 1.00 e. The molecule has 0 radical (unpaired) electrons. The maximum atomic E-state index is 15.3. The van der Waals surface area contributed by atoms with Crippen LogP contribution >= 0.6 is 0 Å². The Labute approximate surface area is 658 Å². The van der Waals surface area contributed by atoms with E-state index in [-0.39, 0.29) is 231 Å².